The molecule has 2 aromatic carbocycles. The number of ether oxygens (including phenoxy) is 1. The van der Waals surface area contributed by atoms with Gasteiger partial charge in [-0.15, -0.1) is 0 Å². The van der Waals surface area contributed by atoms with Crippen LogP contribution in [0.3, 0.4) is 0 Å². The maximum Gasteiger partial charge on any atom is 0.416 e. The van der Waals surface area contributed by atoms with E-state index in [1.165, 1.54) is 25.2 Å². The van der Waals surface area contributed by atoms with E-state index in [4.69, 9.17) is 33.0 Å². The van der Waals surface area contributed by atoms with E-state index >= 15 is 0 Å². The van der Waals surface area contributed by atoms with E-state index in [-0.39, 0.29) is 40.8 Å². The van der Waals surface area contributed by atoms with Crippen LogP contribution in [0.1, 0.15) is 23.1 Å². The molecule has 9 heteroatoms. The zero-order valence-corrected chi connectivity index (χ0v) is 15.7. The van der Waals surface area contributed by atoms with Gasteiger partial charge in [0.15, 0.2) is 5.75 Å². The largest absolute Gasteiger partial charge is 0.486 e. The Kier molecular flexibility index (Phi) is 6.84. The number of halogens is 5. The summed E-state index contributed by atoms with van der Waals surface area (Å²) < 4.78 is 44.5. The highest BCUT2D eigenvalue weighted by Gasteiger charge is 2.31. The average molecular weight is 422 g/mol. The first kappa shape index (κ1) is 21.2. The molecular weight excluding hydrogens is 406 g/mol. The van der Waals surface area contributed by atoms with Crippen molar-refractivity contribution in [1.82, 2.24) is 0 Å². The number of alkyl halides is 3. The quantitative estimate of drug-likeness (QED) is 0.606. The van der Waals surface area contributed by atoms with Crippen molar-refractivity contribution in [1.29, 1.82) is 0 Å². The van der Waals surface area contributed by atoms with Crippen LogP contribution in [0.25, 0.3) is 0 Å². The number of anilines is 1. The van der Waals surface area contributed by atoms with E-state index in [1.54, 1.807) is 0 Å². The first-order chi connectivity index (χ1) is 12.6. The Morgan fingerprint density at radius 3 is 2.26 bits per heavy atom. The summed E-state index contributed by atoms with van der Waals surface area (Å²) in [7, 11) is 1.52. The van der Waals surface area contributed by atoms with Gasteiger partial charge in [-0.25, -0.2) is 0 Å². The number of hydrogen-bond donors (Lipinski definition) is 2. The lowest BCUT2D eigenvalue weighted by Gasteiger charge is -2.15. The van der Waals surface area contributed by atoms with Crippen molar-refractivity contribution < 1.29 is 27.8 Å². The van der Waals surface area contributed by atoms with Gasteiger partial charge in [0, 0.05) is 19.2 Å². The second kappa shape index (κ2) is 8.71. The van der Waals surface area contributed by atoms with Crippen LogP contribution in [0.15, 0.2) is 30.3 Å². The molecule has 0 saturated carbocycles. The van der Waals surface area contributed by atoms with Crippen molar-refractivity contribution in [2.75, 3.05) is 12.4 Å². The highest BCUT2D eigenvalue weighted by molar-refractivity contribution is 6.37. The van der Waals surface area contributed by atoms with E-state index in [0.29, 0.717) is 11.3 Å². The van der Waals surface area contributed by atoms with Gasteiger partial charge in [0.25, 0.3) is 0 Å². The third-order valence-electron chi connectivity index (χ3n) is 3.68. The minimum absolute atomic E-state index is 0.0795. The molecule has 0 aliphatic carbocycles. The predicted molar refractivity (Wildman–Crippen MR) is 97.7 cm³/mol. The number of rotatable bonds is 7. The molecule has 4 nitrogen and oxygen atoms in total. The van der Waals surface area contributed by atoms with E-state index in [1.807, 2.05) is 0 Å². The van der Waals surface area contributed by atoms with Crippen LogP contribution in [-0.4, -0.2) is 18.1 Å². The summed E-state index contributed by atoms with van der Waals surface area (Å²) in [5, 5.41) is 11.7. The molecule has 146 valence electrons. The average Bonchev–Trinajstić information content (AvgIpc) is 2.58. The zero-order chi connectivity index (χ0) is 20.2. The third-order valence-corrected chi connectivity index (χ3v) is 4.24. The molecule has 2 N–H and O–H groups in total. The number of benzene rings is 2. The highest BCUT2D eigenvalue weighted by Crippen LogP contribution is 2.36. The molecule has 0 fully saturated rings. The lowest BCUT2D eigenvalue weighted by molar-refractivity contribution is -0.138. The number of hydrogen-bond acceptors (Lipinski definition) is 3. The van der Waals surface area contributed by atoms with Crippen molar-refractivity contribution in [3.05, 3.63) is 57.1 Å². The Bertz CT molecular complexity index is 818. The summed E-state index contributed by atoms with van der Waals surface area (Å²) in [6.07, 6.45) is -4.32. The van der Waals surface area contributed by atoms with Gasteiger partial charge in [-0.05, 0) is 47.9 Å². The Morgan fingerprint density at radius 1 is 1.11 bits per heavy atom. The smallest absolute Gasteiger partial charge is 0.416 e. The van der Waals surface area contributed by atoms with Crippen molar-refractivity contribution in [2.45, 2.75) is 25.6 Å². The van der Waals surface area contributed by atoms with Gasteiger partial charge in [0.1, 0.15) is 6.61 Å². The number of carboxylic acid groups (broad SMARTS) is 1. The summed E-state index contributed by atoms with van der Waals surface area (Å²) >= 11 is 12.3. The first-order valence-electron chi connectivity index (χ1n) is 7.81. The Labute approximate surface area is 163 Å². The maximum absolute atomic E-state index is 13.0. The molecule has 0 aromatic heterocycles. The lowest BCUT2D eigenvalue weighted by atomic mass is 10.1. The highest BCUT2D eigenvalue weighted by atomic mass is 35.5. The van der Waals surface area contributed by atoms with E-state index in [0.717, 1.165) is 12.1 Å². The minimum Gasteiger partial charge on any atom is -0.486 e. The van der Waals surface area contributed by atoms with Gasteiger partial charge in [-0.2, -0.15) is 13.2 Å². The molecule has 0 saturated heterocycles. The first-order valence-corrected chi connectivity index (χ1v) is 8.57. The van der Waals surface area contributed by atoms with Crippen LogP contribution in [0.4, 0.5) is 18.9 Å². The van der Waals surface area contributed by atoms with Gasteiger partial charge >= 0.3 is 12.1 Å². The van der Waals surface area contributed by atoms with Crippen molar-refractivity contribution in [2.24, 2.45) is 0 Å². The Hall–Kier alpha value is -2.12. The standard InChI is InChI=1S/C18H16Cl2F3NO3/c1-24-13-5-11(4-12(8-13)18(21,22)23)9-27-17-14(19)6-10(7-15(17)20)2-3-16(25)26/h4-8,24H,2-3,9H2,1H3,(H,25,26). The third kappa shape index (κ3) is 5.94. The van der Waals surface area contributed by atoms with Crippen LogP contribution in [-0.2, 0) is 24.0 Å². The van der Waals surface area contributed by atoms with Crippen molar-refractivity contribution >= 4 is 34.9 Å². The monoisotopic (exact) mass is 421 g/mol. The zero-order valence-electron chi connectivity index (χ0n) is 14.2. The molecule has 0 atom stereocenters. The SMILES string of the molecule is CNc1cc(COc2c(Cl)cc(CCC(=O)O)cc2Cl)cc(C(F)(F)F)c1. The van der Waals surface area contributed by atoms with E-state index < -0.39 is 17.7 Å². The van der Waals surface area contributed by atoms with Gasteiger partial charge in [0.2, 0.25) is 0 Å². The van der Waals surface area contributed by atoms with Crippen molar-refractivity contribution in [3.8, 4) is 5.75 Å². The molecule has 0 aliphatic heterocycles. The fraction of sp³-hybridized carbons (Fsp3) is 0.278. The van der Waals surface area contributed by atoms with E-state index in [9.17, 15) is 18.0 Å². The van der Waals surface area contributed by atoms with Crippen LogP contribution in [0.5, 0.6) is 5.75 Å². The fourth-order valence-corrected chi connectivity index (χ4v) is 3.03. The Morgan fingerprint density at radius 2 is 1.74 bits per heavy atom. The molecular formula is C18H16Cl2F3NO3. The van der Waals surface area contributed by atoms with Crippen LogP contribution in [0.2, 0.25) is 10.0 Å². The van der Waals surface area contributed by atoms with E-state index in [2.05, 4.69) is 5.32 Å². The molecule has 0 bridgehead atoms. The number of carbonyl (C=O) groups is 1. The molecule has 0 heterocycles. The van der Waals surface area contributed by atoms with Crippen LogP contribution < -0.4 is 10.1 Å². The normalized spacial score (nSPS) is 11.3. The molecule has 2 aromatic rings. The summed E-state index contributed by atoms with van der Waals surface area (Å²) in [5.41, 5.74) is 0.409. The lowest BCUT2D eigenvalue weighted by Crippen LogP contribution is -2.08. The summed E-state index contributed by atoms with van der Waals surface area (Å²) in [4.78, 5) is 10.6. The second-order valence-electron chi connectivity index (χ2n) is 5.74. The minimum atomic E-state index is -4.48. The fourth-order valence-electron chi connectivity index (χ4n) is 2.38. The number of nitrogens with one attached hydrogen (secondary N) is 1. The number of aryl methyl sites for hydroxylation is 1. The molecule has 0 unspecified atom stereocenters. The Balaban J connectivity index is 2.20. The summed E-state index contributed by atoms with van der Waals surface area (Å²) in [6.45, 7) is -0.174. The molecule has 0 aliphatic rings. The maximum atomic E-state index is 13.0. The van der Waals surface area contributed by atoms with Gasteiger partial charge in [0.05, 0.1) is 15.6 Å². The second-order valence-corrected chi connectivity index (χ2v) is 6.55. The van der Waals surface area contributed by atoms with Crippen molar-refractivity contribution in [3.63, 3.8) is 0 Å². The topological polar surface area (TPSA) is 58.6 Å². The number of carboxylic acids is 1. The number of aliphatic carboxylic acids is 1. The predicted octanol–water partition coefficient (Wildman–Crippen LogP) is 5.65. The molecule has 27 heavy (non-hydrogen) atoms. The molecule has 0 radical (unpaired) electrons. The van der Waals surface area contributed by atoms with Gasteiger partial charge in [-0.1, -0.05) is 23.2 Å². The van der Waals surface area contributed by atoms with Crippen LogP contribution >= 0.6 is 23.2 Å². The van der Waals surface area contributed by atoms with Gasteiger partial charge in [-0.3, -0.25) is 4.79 Å². The summed E-state index contributed by atoms with van der Waals surface area (Å²) in [5.74, 6) is -0.826. The summed E-state index contributed by atoms with van der Waals surface area (Å²) in [6, 6.07) is 6.57. The molecule has 2 rings (SSSR count). The van der Waals surface area contributed by atoms with Crippen LogP contribution in [0, 0.1) is 0 Å². The molecule has 0 amide bonds. The van der Waals surface area contributed by atoms with Gasteiger partial charge < -0.3 is 15.2 Å². The molecule has 0 spiro atoms.